The molecule has 20 heavy (non-hydrogen) atoms. The average Bonchev–Trinajstić information content (AvgIpc) is 2.82. The summed E-state index contributed by atoms with van der Waals surface area (Å²) < 4.78 is 0. The quantitative estimate of drug-likeness (QED) is 0.793. The SMILES string of the molecule is CCCNc1nc(CSC(C)CC)nc2sc(C)cc12. The number of thiophene rings is 1. The minimum Gasteiger partial charge on any atom is -0.369 e. The summed E-state index contributed by atoms with van der Waals surface area (Å²) in [6.07, 6.45) is 2.29. The molecule has 2 aromatic rings. The number of anilines is 1. The first-order valence-corrected chi connectivity index (χ1v) is 9.13. The molecule has 2 aromatic heterocycles. The van der Waals surface area contributed by atoms with Crippen LogP contribution in [0.1, 0.15) is 44.3 Å². The van der Waals surface area contributed by atoms with Gasteiger partial charge in [-0.15, -0.1) is 11.3 Å². The fourth-order valence-corrected chi connectivity index (χ4v) is 3.56. The van der Waals surface area contributed by atoms with Crippen LogP contribution >= 0.6 is 23.1 Å². The highest BCUT2D eigenvalue weighted by Gasteiger charge is 2.11. The molecule has 1 N–H and O–H groups in total. The van der Waals surface area contributed by atoms with Crippen molar-refractivity contribution in [3.63, 3.8) is 0 Å². The van der Waals surface area contributed by atoms with Crippen molar-refractivity contribution in [2.75, 3.05) is 11.9 Å². The molecule has 0 bridgehead atoms. The van der Waals surface area contributed by atoms with Gasteiger partial charge in [-0.1, -0.05) is 20.8 Å². The first kappa shape index (κ1) is 15.6. The Bertz CT molecular complexity index is 565. The van der Waals surface area contributed by atoms with Crippen LogP contribution < -0.4 is 5.32 Å². The van der Waals surface area contributed by atoms with E-state index in [4.69, 9.17) is 9.97 Å². The van der Waals surface area contributed by atoms with E-state index in [1.165, 1.54) is 16.7 Å². The molecule has 0 aliphatic carbocycles. The van der Waals surface area contributed by atoms with Crippen LogP contribution in [-0.2, 0) is 5.75 Å². The summed E-state index contributed by atoms with van der Waals surface area (Å²) in [4.78, 5) is 11.8. The molecule has 0 spiro atoms. The zero-order valence-corrected chi connectivity index (χ0v) is 14.3. The molecule has 0 aromatic carbocycles. The van der Waals surface area contributed by atoms with Gasteiger partial charge in [0.25, 0.3) is 0 Å². The molecule has 1 atom stereocenters. The van der Waals surface area contributed by atoms with Gasteiger partial charge in [-0.3, -0.25) is 0 Å². The van der Waals surface area contributed by atoms with E-state index in [1.54, 1.807) is 11.3 Å². The standard InChI is InChI=1S/C15H23N3S2/c1-5-7-16-14-12-8-11(4)20-15(12)18-13(17-14)9-19-10(3)6-2/h8,10H,5-7,9H2,1-4H3,(H,16,17,18). The zero-order chi connectivity index (χ0) is 14.5. The number of aromatic nitrogens is 2. The maximum absolute atomic E-state index is 4.72. The molecule has 110 valence electrons. The second-order valence-corrected chi connectivity index (χ2v) is 7.68. The maximum atomic E-state index is 4.72. The monoisotopic (exact) mass is 309 g/mol. The number of hydrogen-bond acceptors (Lipinski definition) is 5. The van der Waals surface area contributed by atoms with Crippen molar-refractivity contribution in [1.82, 2.24) is 9.97 Å². The molecule has 5 heteroatoms. The van der Waals surface area contributed by atoms with Gasteiger partial charge in [0.1, 0.15) is 16.5 Å². The van der Waals surface area contributed by atoms with E-state index in [-0.39, 0.29) is 0 Å². The molecule has 0 aliphatic rings. The molecule has 0 radical (unpaired) electrons. The van der Waals surface area contributed by atoms with Gasteiger partial charge in [-0.2, -0.15) is 11.8 Å². The van der Waals surface area contributed by atoms with Crippen LogP contribution in [0.15, 0.2) is 6.07 Å². The van der Waals surface area contributed by atoms with Gasteiger partial charge in [0, 0.05) is 16.7 Å². The highest BCUT2D eigenvalue weighted by molar-refractivity contribution is 7.99. The van der Waals surface area contributed by atoms with E-state index in [2.05, 4.69) is 39.1 Å². The molecular formula is C15H23N3S2. The maximum Gasteiger partial charge on any atom is 0.142 e. The van der Waals surface area contributed by atoms with Gasteiger partial charge >= 0.3 is 0 Å². The number of aryl methyl sites for hydroxylation is 1. The fourth-order valence-electron chi connectivity index (χ4n) is 1.86. The molecule has 1 unspecified atom stereocenters. The molecule has 0 amide bonds. The summed E-state index contributed by atoms with van der Waals surface area (Å²) in [6, 6.07) is 2.18. The Labute approximate surface area is 129 Å². The van der Waals surface area contributed by atoms with Gasteiger partial charge in [-0.25, -0.2) is 9.97 Å². The van der Waals surface area contributed by atoms with Crippen LogP contribution in [0, 0.1) is 6.92 Å². The summed E-state index contributed by atoms with van der Waals surface area (Å²) in [6.45, 7) is 9.74. The number of rotatable bonds is 7. The number of nitrogens with zero attached hydrogens (tertiary/aromatic N) is 2. The normalized spacial score (nSPS) is 12.8. The third kappa shape index (κ3) is 3.85. The van der Waals surface area contributed by atoms with Gasteiger partial charge < -0.3 is 5.32 Å². The van der Waals surface area contributed by atoms with Crippen molar-refractivity contribution in [1.29, 1.82) is 0 Å². The summed E-state index contributed by atoms with van der Waals surface area (Å²) in [5.74, 6) is 2.84. The third-order valence-corrected chi connectivity index (χ3v) is 5.45. The van der Waals surface area contributed by atoms with E-state index in [0.717, 1.165) is 35.2 Å². The Hall–Kier alpha value is -0.810. The van der Waals surface area contributed by atoms with Crippen LogP contribution in [0.25, 0.3) is 10.2 Å². The Morgan fingerprint density at radius 1 is 1.35 bits per heavy atom. The molecule has 0 saturated heterocycles. The molecule has 2 rings (SSSR count). The Morgan fingerprint density at radius 2 is 2.15 bits per heavy atom. The Morgan fingerprint density at radius 3 is 2.85 bits per heavy atom. The van der Waals surface area contributed by atoms with Crippen LogP contribution in [0.3, 0.4) is 0 Å². The van der Waals surface area contributed by atoms with Gasteiger partial charge in [0.15, 0.2) is 0 Å². The van der Waals surface area contributed by atoms with E-state index in [1.807, 2.05) is 11.8 Å². The Kier molecular flexibility index (Phi) is 5.66. The largest absolute Gasteiger partial charge is 0.369 e. The van der Waals surface area contributed by atoms with Gasteiger partial charge in [-0.05, 0) is 25.8 Å². The van der Waals surface area contributed by atoms with E-state index in [9.17, 15) is 0 Å². The molecule has 0 fully saturated rings. The Balaban J connectivity index is 2.26. The second kappa shape index (κ2) is 7.27. The molecule has 2 heterocycles. The number of fused-ring (bicyclic) bond motifs is 1. The van der Waals surface area contributed by atoms with Crippen LogP contribution in [0.5, 0.6) is 0 Å². The highest BCUT2D eigenvalue weighted by atomic mass is 32.2. The topological polar surface area (TPSA) is 37.8 Å². The first-order valence-electron chi connectivity index (χ1n) is 7.26. The van der Waals surface area contributed by atoms with Crippen molar-refractivity contribution in [2.24, 2.45) is 0 Å². The van der Waals surface area contributed by atoms with E-state index >= 15 is 0 Å². The van der Waals surface area contributed by atoms with Crippen molar-refractivity contribution in [3.8, 4) is 0 Å². The van der Waals surface area contributed by atoms with Gasteiger partial charge in [0.2, 0.25) is 0 Å². The second-order valence-electron chi connectivity index (χ2n) is 5.02. The lowest BCUT2D eigenvalue weighted by molar-refractivity contribution is 0.901. The summed E-state index contributed by atoms with van der Waals surface area (Å²) >= 11 is 3.68. The average molecular weight is 310 g/mol. The van der Waals surface area contributed by atoms with E-state index in [0.29, 0.717) is 5.25 Å². The molecule has 0 aliphatic heterocycles. The van der Waals surface area contributed by atoms with Crippen molar-refractivity contribution < 1.29 is 0 Å². The van der Waals surface area contributed by atoms with Crippen molar-refractivity contribution in [3.05, 3.63) is 16.8 Å². The van der Waals surface area contributed by atoms with Crippen LogP contribution in [0.2, 0.25) is 0 Å². The lowest BCUT2D eigenvalue weighted by atomic mass is 10.3. The highest BCUT2D eigenvalue weighted by Crippen LogP contribution is 2.29. The molecular weight excluding hydrogens is 286 g/mol. The molecule has 3 nitrogen and oxygen atoms in total. The number of nitrogens with one attached hydrogen (secondary N) is 1. The fraction of sp³-hybridized carbons (Fsp3) is 0.600. The minimum atomic E-state index is 0.659. The third-order valence-electron chi connectivity index (χ3n) is 3.18. The van der Waals surface area contributed by atoms with Gasteiger partial charge in [0.05, 0.1) is 11.1 Å². The molecule has 0 saturated carbocycles. The summed E-state index contributed by atoms with van der Waals surface area (Å²) in [7, 11) is 0. The predicted molar refractivity (Wildman–Crippen MR) is 92.0 cm³/mol. The minimum absolute atomic E-state index is 0.659. The summed E-state index contributed by atoms with van der Waals surface area (Å²) in [5, 5.41) is 5.26. The van der Waals surface area contributed by atoms with Crippen molar-refractivity contribution in [2.45, 2.75) is 51.5 Å². The summed E-state index contributed by atoms with van der Waals surface area (Å²) in [5.41, 5.74) is 0. The smallest absolute Gasteiger partial charge is 0.142 e. The number of thioether (sulfide) groups is 1. The van der Waals surface area contributed by atoms with Crippen LogP contribution in [-0.4, -0.2) is 21.8 Å². The first-order chi connectivity index (χ1) is 9.63. The zero-order valence-electron chi connectivity index (χ0n) is 12.7. The predicted octanol–water partition coefficient (Wildman–Crippen LogP) is 4.85. The lowest BCUT2D eigenvalue weighted by Crippen LogP contribution is -2.05. The van der Waals surface area contributed by atoms with E-state index < -0.39 is 0 Å². The lowest BCUT2D eigenvalue weighted by Gasteiger charge is -2.10. The number of hydrogen-bond donors (Lipinski definition) is 1. The van der Waals surface area contributed by atoms with Crippen molar-refractivity contribution >= 4 is 39.1 Å². The van der Waals surface area contributed by atoms with Crippen LogP contribution in [0.4, 0.5) is 5.82 Å².